The maximum atomic E-state index is 12.7. The molecule has 3 aromatic rings. The standard InChI is InChI=1S/C23H25N3O4/c1-15(9-10-17(29-4)13-16(2)28-3)22(27)25-19-8-6-5-7-18(19)23-26-20-11-12-24-14-21(20)30-23/h5-16H,1-4H3,(H,25,27)/b10-9-,17-13+. The number of oxazole rings is 1. The fourth-order valence-corrected chi connectivity index (χ4v) is 2.74. The van der Waals surface area contributed by atoms with Crippen LogP contribution in [-0.2, 0) is 14.3 Å². The lowest BCUT2D eigenvalue weighted by atomic mass is 10.1. The van der Waals surface area contributed by atoms with Crippen LogP contribution in [0.5, 0.6) is 0 Å². The molecule has 2 atom stereocenters. The normalized spacial score (nSPS) is 14.1. The Bertz CT molecular complexity index is 1040. The molecule has 0 saturated carbocycles. The van der Waals surface area contributed by atoms with Gasteiger partial charge in [0, 0.05) is 13.3 Å². The van der Waals surface area contributed by atoms with E-state index >= 15 is 0 Å². The van der Waals surface area contributed by atoms with Crippen molar-refractivity contribution in [3.8, 4) is 11.5 Å². The Morgan fingerprint density at radius 1 is 1.20 bits per heavy atom. The molecule has 0 saturated heterocycles. The number of anilines is 1. The maximum Gasteiger partial charge on any atom is 0.231 e. The third-order valence-electron chi connectivity index (χ3n) is 4.58. The number of benzene rings is 1. The van der Waals surface area contributed by atoms with Crippen LogP contribution in [0.1, 0.15) is 13.8 Å². The van der Waals surface area contributed by atoms with E-state index < -0.39 is 0 Å². The Labute approximate surface area is 175 Å². The second-order valence-electron chi connectivity index (χ2n) is 6.76. The number of nitrogens with one attached hydrogen (secondary N) is 1. The molecule has 3 rings (SSSR count). The number of hydrogen-bond acceptors (Lipinski definition) is 6. The minimum atomic E-state index is -0.387. The van der Waals surface area contributed by atoms with Gasteiger partial charge in [-0.2, -0.15) is 0 Å². The first-order valence-electron chi connectivity index (χ1n) is 9.59. The van der Waals surface area contributed by atoms with E-state index in [4.69, 9.17) is 13.9 Å². The van der Waals surface area contributed by atoms with E-state index in [9.17, 15) is 4.79 Å². The van der Waals surface area contributed by atoms with Crippen LogP contribution in [0.15, 0.2) is 71.1 Å². The van der Waals surface area contributed by atoms with E-state index in [-0.39, 0.29) is 17.9 Å². The first-order valence-corrected chi connectivity index (χ1v) is 9.59. The third kappa shape index (κ3) is 5.12. The molecule has 0 radical (unpaired) electrons. The quantitative estimate of drug-likeness (QED) is 0.434. The Kier molecular flexibility index (Phi) is 6.98. The number of pyridine rings is 1. The Balaban J connectivity index is 1.77. The fourth-order valence-electron chi connectivity index (χ4n) is 2.74. The van der Waals surface area contributed by atoms with Crippen LogP contribution >= 0.6 is 0 Å². The zero-order valence-corrected chi connectivity index (χ0v) is 17.5. The summed E-state index contributed by atoms with van der Waals surface area (Å²) in [5.74, 6) is 0.508. The highest BCUT2D eigenvalue weighted by atomic mass is 16.5. The lowest BCUT2D eigenvalue weighted by molar-refractivity contribution is -0.118. The molecule has 7 heteroatoms. The van der Waals surface area contributed by atoms with Crippen molar-refractivity contribution in [3.05, 3.63) is 66.7 Å². The van der Waals surface area contributed by atoms with Gasteiger partial charge in [-0.25, -0.2) is 4.98 Å². The molecule has 0 bridgehead atoms. The summed E-state index contributed by atoms with van der Waals surface area (Å²) in [6.45, 7) is 3.72. The highest BCUT2D eigenvalue weighted by Gasteiger charge is 2.16. The summed E-state index contributed by atoms with van der Waals surface area (Å²) in [4.78, 5) is 21.3. The minimum absolute atomic E-state index is 0.0906. The van der Waals surface area contributed by atoms with E-state index in [2.05, 4.69) is 15.3 Å². The van der Waals surface area contributed by atoms with Crippen molar-refractivity contribution in [2.75, 3.05) is 19.5 Å². The summed E-state index contributed by atoms with van der Waals surface area (Å²) in [6, 6.07) is 9.17. The van der Waals surface area contributed by atoms with Crippen molar-refractivity contribution in [2.45, 2.75) is 20.0 Å². The van der Waals surface area contributed by atoms with Crippen LogP contribution in [0.2, 0.25) is 0 Å². The smallest absolute Gasteiger partial charge is 0.231 e. The Morgan fingerprint density at radius 2 is 2.00 bits per heavy atom. The maximum absolute atomic E-state index is 12.7. The lowest BCUT2D eigenvalue weighted by Crippen LogP contribution is -2.19. The number of nitrogens with zero attached hydrogens (tertiary/aromatic N) is 2. The van der Waals surface area contributed by atoms with Crippen LogP contribution in [0.25, 0.3) is 22.6 Å². The first kappa shape index (κ1) is 21.3. The Hall–Kier alpha value is -3.45. The number of hydrogen-bond donors (Lipinski definition) is 1. The summed E-state index contributed by atoms with van der Waals surface area (Å²) < 4.78 is 16.3. The molecular formula is C23H25N3O4. The monoisotopic (exact) mass is 407 g/mol. The number of aromatic nitrogens is 2. The highest BCUT2D eigenvalue weighted by Crippen LogP contribution is 2.30. The molecule has 0 spiro atoms. The molecule has 0 aliphatic rings. The molecule has 2 aromatic heterocycles. The molecule has 1 amide bonds. The van der Waals surface area contributed by atoms with Crippen LogP contribution in [0.3, 0.4) is 0 Å². The van der Waals surface area contributed by atoms with Gasteiger partial charge in [0.15, 0.2) is 5.58 Å². The minimum Gasteiger partial charge on any atom is -0.497 e. The molecule has 1 N–H and O–H groups in total. The van der Waals surface area contributed by atoms with Gasteiger partial charge >= 0.3 is 0 Å². The second-order valence-corrected chi connectivity index (χ2v) is 6.76. The van der Waals surface area contributed by atoms with E-state index in [1.165, 1.54) is 0 Å². The van der Waals surface area contributed by atoms with E-state index in [1.807, 2.05) is 44.2 Å². The predicted octanol–water partition coefficient (Wildman–Crippen LogP) is 4.59. The van der Waals surface area contributed by atoms with Crippen molar-refractivity contribution in [2.24, 2.45) is 5.92 Å². The largest absolute Gasteiger partial charge is 0.497 e. The van der Waals surface area contributed by atoms with E-state index in [0.717, 1.165) is 0 Å². The van der Waals surface area contributed by atoms with Crippen molar-refractivity contribution in [3.63, 3.8) is 0 Å². The van der Waals surface area contributed by atoms with Gasteiger partial charge in [-0.15, -0.1) is 0 Å². The number of methoxy groups -OCH3 is 2. The van der Waals surface area contributed by atoms with Gasteiger partial charge in [-0.1, -0.05) is 25.1 Å². The zero-order chi connectivity index (χ0) is 21.5. The van der Waals surface area contributed by atoms with E-state index in [1.54, 1.807) is 44.8 Å². The number of ether oxygens (including phenoxy) is 2. The van der Waals surface area contributed by atoms with Crippen molar-refractivity contribution in [1.82, 2.24) is 9.97 Å². The summed E-state index contributed by atoms with van der Waals surface area (Å²) in [6.07, 6.45) is 8.56. The van der Waals surface area contributed by atoms with Crippen molar-refractivity contribution >= 4 is 22.7 Å². The number of amides is 1. The van der Waals surface area contributed by atoms with Gasteiger partial charge in [0.25, 0.3) is 0 Å². The lowest BCUT2D eigenvalue weighted by Gasteiger charge is -2.12. The average molecular weight is 407 g/mol. The molecule has 30 heavy (non-hydrogen) atoms. The number of fused-ring (bicyclic) bond motifs is 1. The number of allylic oxidation sites excluding steroid dienone is 1. The number of carbonyl (C=O) groups excluding carboxylic acids is 1. The van der Waals surface area contributed by atoms with Gasteiger partial charge in [-0.05, 0) is 37.3 Å². The van der Waals surface area contributed by atoms with Crippen molar-refractivity contribution < 1.29 is 18.7 Å². The predicted molar refractivity (Wildman–Crippen MR) is 116 cm³/mol. The highest BCUT2D eigenvalue weighted by molar-refractivity contribution is 5.97. The third-order valence-corrected chi connectivity index (χ3v) is 4.58. The molecule has 0 aliphatic carbocycles. The van der Waals surface area contributed by atoms with Gasteiger partial charge in [0.05, 0.1) is 36.6 Å². The van der Waals surface area contributed by atoms with Gasteiger partial charge in [-0.3, -0.25) is 9.78 Å². The van der Waals surface area contributed by atoms with Crippen molar-refractivity contribution in [1.29, 1.82) is 0 Å². The molecule has 2 heterocycles. The van der Waals surface area contributed by atoms with E-state index in [0.29, 0.717) is 34.0 Å². The zero-order valence-electron chi connectivity index (χ0n) is 17.5. The van der Waals surface area contributed by atoms with Gasteiger partial charge in [0.2, 0.25) is 11.8 Å². The van der Waals surface area contributed by atoms with Crippen LogP contribution in [-0.4, -0.2) is 36.2 Å². The van der Waals surface area contributed by atoms with Crippen LogP contribution in [0.4, 0.5) is 5.69 Å². The van der Waals surface area contributed by atoms with Gasteiger partial charge < -0.3 is 19.2 Å². The molecule has 156 valence electrons. The topological polar surface area (TPSA) is 86.5 Å². The molecule has 2 unspecified atom stereocenters. The molecular weight excluding hydrogens is 382 g/mol. The number of carbonyl (C=O) groups is 1. The molecule has 7 nitrogen and oxygen atoms in total. The summed E-state index contributed by atoms with van der Waals surface area (Å²) >= 11 is 0. The summed E-state index contributed by atoms with van der Waals surface area (Å²) in [7, 11) is 3.20. The van der Waals surface area contributed by atoms with Gasteiger partial charge in [0.1, 0.15) is 11.3 Å². The average Bonchev–Trinajstić information content (AvgIpc) is 3.20. The number of rotatable bonds is 8. The summed E-state index contributed by atoms with van der Waals surface area (Å²) in [5.41, 5.74) is 2.62. The first-order chi connectivity index (χ1) is 14.5. The SMILES string of the molecule is COC(/C=C\C(C)C(=O)Nc1ccccc1-c1nc2ccncc2o1)=C/C(C)OC. The Morgan fingerprint density at radius 3 is 2.73 bits per heavy atom. The molecule has 0 fully saturated rings. The fraction of sp³-hybridized carbons (Fsp3) is 0.261. The molecule has 0 aliphatic heterocycles. The van der Waals surface area contributed by atoms with Crippen LogP contribution in [0, 0.1) is 5.92 Å². The second kappa shape index (κ2) is 9.84. The van der Waals surface area contributed by atoms with Crippen LogP contribution < -0.4 is 5.32 Å². The summed E-state index contributed by atoms with van der Waals surface area (Å²) in [5, 5.41) is 2.96. The number of para-hydroxylation sites is 1. The molecule has 1 aromatic carbocycles.